The maximum absolute atomic E-state index is 13.9. The van der Waals surface area contributed by atoms with Gasteiger partial charge in [-0.15, -0.1) is 11.3 Å². The minimum atomic E-state index is -0.613. The first-order chi connectivity index (χ1) is 35.2. The van der Waals surface area contributed by atoms with Gasteiger partial charge < -0.3 is 24.8 Å². The molecule has 2 N–H and O–H groups in total. The zero-order valence-electron chi connectivity index (χ0n) is 42.6. The number of nitrogens with one attached hydrogen (secondary N) is 2. The zero-order valence-corrected chi connectivity index (χ0v) is 44.9. The molecule has 1 atom stereocenters. The van der Waals surface area contributed by atoms with Crippen LogP contribution in [0.5, 0.6) is 5.75 Å². The van der Waals surface area contributed by atoms with Crippen molar-refractivity contribution in [1.82, 2.24) is 39.1 Å². The molecule has 14 nitrogen and oxygen atoms in total. The number of carbonyl (C=O) groups excluding carboxylic acids is 2. The Morgan fingerprint density at radius 2 is 1.66 bits per heavy atom. The van der Waals surface area contributed by atoms with Crippen molar-refractivity contribution in [3.05, 3.63) is 131 Å². The van der Waals surface area contributed by atoms with Crippen LogP contribution in [0.4, 0.5) is 5.82 Å². The van der Waals surface area contributed by atoms with Gasteiger partial charge in [-0.1, -0.05) is 48.2 Å². The predicted molar refractivity (Wildman–Crippen MR) is 293 cm³/mol. The van der Waals surface area contributed by atoms with E-state index in [1.807, 2.05) is 24.0 Å². The van der Waals surface area contributed by atoms with E-state index in [1.165, 1.54) is 27.3 Å². The molecule has 2 amide bonds. The molecule has 1 saturated carbocycles. The molecule has 386 valence electrons. The second-order valence-electron chi connectivity index (χ2n) is 20.4. The van der Waals surface area contributed by atoms with Crippen LogP contribution in [0.2, 0.25) is 10.0 Å². The Morgan fingerprint density at radius 1 is 0.890 bits per heavy atom. The molecular weight excluding hydrogens is 982 g/mol. The van der Waals surface area contributed by atoms with Gasteiger partial charge in [-0.25, -0.2) is 14.8 Å². The highest BCUT2D eigenvalue weighted by Gasteiger charge is 2.33. The number of unbranched alkanes of at least 4 members (excludes halogenated alkanes) is 1. The monoisotopic (exact) mass is 1050 g/mol. The fraction of sp³-hybridized carbons (Fsp3) is 0.464. The van der Waals surface area contributed by atoms with Crippen LogP contribution in [0.25, 0.3) is 27.7 Å². The molecule has 3 aromatic carbocycles. The largest absolute Gasteiger partial charge is 0.496 e. The number of benzene rings is 3. The zero-order chi connectivity index (χ0) is 51.3. The van der Waals surface area contributed by atoms with E-state index in [4.69, 9.17) is 37.9 Å². The highest BCUT2D eigenvalue weighted by Crippen LogP contribution is 2.43. The van der Waals surface area contributed by atoms with E-state index in [0.29, 0.717) is 47.0 Å². The Balaban J connectivity index is 0.724. The fourth-order valence-corrected chi connectivity index (χ4v) is 12.6. The number of piperazine rings is 1. The first-order valence-electron chi connectivity index (χ1n) is 25.8. The average molecular weight is 1050 g/mol. The number of likely N-dealkylation sites (tertiary alicyclic amines) is 1. The van der Waals surface area contributed by atoms with Crippen LogP contribution in [0.1, 0.15) is 109 Å². The average Bonchev–Trinajstić information content (AvgIpc) is 3.88. The molecule has 0 spiro atoms. The Bertz CT molecular complexity index is 3060. The second kappa shape index (κ2) is 23.3. The molecule has 3 fully saturated rings. The molecule has 3 aliphatic rings. The van der Waals surface area contributed by atoms with Crippen molar-refractivity contribution in [3.63, 3.8) is 0 Å². The Labute approximate surface area is 441 Å². The quantitative estimate of drug-likeness (QED) is 0.0898. The number of carbonyl (C=O) groups is 2. The van der Waals surface area contributed by atoms with E-state index in [1.54, 1.807) is 36.6 Å². The van der Waals surface area contributed by atoms with Crippen LogP contribution in [-0.4, -0.2) is 118 Å². The number of hydrogen-bond donors (Lipinski definition) is 2. The van der Waals surface area contributed by atoms with Gasteiger partial charge in [0.1, 0.15) is 17.4 Å². The number of hydrogen-bond acceptors (Lipinski definition) is 11. The van der Waals surface area contributed by atoms with Crippen molar-refractivity contribution >= 4 is 63.1 Å². The topological polar surface area (TPSA) is 149 Å². The lowest BCUT2D eigenvalue weighted by Crippen LogP contribution is -2.50. The molecule has 17 heteroatoms. The first-order valence-corrected chi connectivity index (χ1v) is 27.4. The number of halogens is 2. The summed E-state index contributed by atoms with van der Waals surface area (Å²) in [5.74, 6) is 3.42. The maximum atomic E-state index is 13.9. The number of fused-ring (bicyclic) bond motifs is 1. The number of anilines is 1. The maximum Gasteiger partial charge on any atom is 0.332 e. The first kappa shape index (κ1) is 52.3. The third-order valence-electron chi connectivity index (χ3n) is 15.1. The van der Waals surface area contributed by atoms with E-state index in [9.17, 15) is 19.2 Å². The minimum absolute atomic E-state index is 0.0149. The number of ether oxygens (including phenoxy) is 1. The van der Waals surface area contributed by atoms with Gasteiger partial charge in [-0.05, 0) is 150 Å². The van der Waals surface area contributed by atoms with Crippen LogP contribution in [0.3, 0.4) is 0 Å². The number of nitrogens with zero attached hydrogens (tertiary/aromatic N) is 7. The summed E-state index contributed by atoms with van der Waals surface area (Å²) in [7, 11) is 5.87. The van der Waals surface area contributed by atoms with Crippen molar-refractivity contribution in [1.29, 1.82) is 0 Å². The van der Waals surface area contributed by atoms with Gasteiger partial charge in [-0.2, -0.15) is 0 Å². The van der Waals surface area contributed by atoms with Crippen LogP contribution in [0, 0.1) is 18.8 Å². The molecule has 1 aliphatic carbocycles. The van der Waals surface area contributed by atoms with E-state index in [-0.39, 0.29) is 23.8 Å². The minimum Gasteiger partial charge on any atom is -0.496 e. The van der Waals surface area contributed by atoms with Crippen molar-refractivity contribution in [2.75, 3.05) is 72.3 Å². The second-order valence-corrected chi connectivity index (χ2v) is 22.2. The molecule has 0 bridgehead atoms. The normalized spacial score (nSPS) is 18.4. The summed E-state index contributed by atoms with van der Waals surface area (Å²) in [5.41, 5.74) is 5.08. The summed E-state index contributed by atoms with van der Waals surface area (Å²) in [6.45, 7) is 10.7. The van der Waals surface area contributed by atoms with Gasteiger partial charge in [0.2, 0.25) is 5.91 Å². The molecule has 0 unspecified atom stereocenters. The molecule has 2 aliphatic heterocycles. The number of piperidine rings is 1. The molecule has 6 aromatic rings. The Morgan fingerprint density at radius 3 is 2.38 bits per heavy atom. The lowest BCUT2D eigenvalue weighted by atomic mass is 9.77. The van der Waals surface area contributed by atoms with Crippen molar-refractivity contribution in [3.8, 4) is 22.6 Å². The standard InChI is InChI=1S/C56H67Cl2N9O5S/c1-35(50-30-42(34-73-50)52-41(33-63(3)4)10-8-11-46(52)58)59-53-44-31-43(49(72-5)32-47(44)60-36(2)61-53)38-12-14-39(15-13-38)54(69)66-27-25-64(26-28-66)21-7-6-9-37-18-22-65(23-19-37)55(70)40-16-17-45(57)48(29-40)67-24-20-51(68)62-56(67)71/h8,10-11,16-17,20,24,29-32,34-35,37-39H,6-7,9,12-15,18-19,21-23,25-28,33H2,1-5H3,(H,59,60,61)(H,62,68,71)/t35-,38?,39?/m1/s1. The molecule has 9 rings (SSSR count). The van der Waals surface area contributed by atoms with Crippen molar-refractivity contribution < 1.29 is 14.3 Å². The van der Waals surface area contributed by atoms with Gasteiger partial charge in [0.25, 0.3) is 11.5 Å². The summed E-state index contributed by atoms with van der Waals surface area (Å²) in [4.78, 5) is 73.2. The van der Waals surface area contributed by atoms with E-state index >= 15 is 0 Å². The number of rotatable bonds is 16. The summed E-state index contributed by atoms with van der Waals surface area (Å²) in [6, 6.07) is 18.8. The van der Waals surface area contributed by atoms with E-state index < -0.39 is 11.2 Å². The van der Waals surface area contributed by atoms with Crippen LogP contribution in [-0.2, 0) is 11.3 Å². The summed E-state index contributed by atoms with van der Waals surface area (Å²) < 4.78 is 7.25. The third kappa shape index (κ3) is 12.2. The van der Waals surface area contributed by atoms with Crippen molar-refractivity contribution in [2.24, 2.45) is 11.8 Å². The lowest BCUT2D eigenvalue weighted by molar-refractivity contribution is -0.138. The van der Waals surface area contributed by atoms with Crippen molar-refractivity contribution in [2.45, 2.75) is 90.1 Å². The number of thiophene rings is 1. The Hall–Kier alpha value is -5.58. The van der Waals surface area contributed by atoms with Gasteiger partial charge >= 0.3 is 5.69 Å². The number of aromatic nitrogens is 4. The molecule has 0 radical (unpaired) electrons. The molecule has 3 aromatic heterocycles. The van der Waals surface area contributed by atoms with Crippen LogP contribution < -0.4 is 21.3 Å². The number of H-pyrrole nitrogens is 1. The highest BCUT2D eigenvalue weighted by atomic mass is 35.5. The van der Waals surface area contributed by atoms with Gasteiger partial charge in [0.15, 0.2) is 0 Å². The van der Waals surface area contributed by atoms with E-state index in [0.717, 1.165) is 141 Å². The molecule has 5 heterocycles. The third-order valence-corrected chi connectivity index (χ3v) is 16.9. The smallest absolute Gasteiger partial charge is 0.332 e. The predicted octanol–water partition coefficient (Wildman–Crippen LogP) is 10.2. The van der Waals surface area contributed by atoms with Gasteiger partial charge in [-0.3, -0.25) is 28.8 Å². The summed E-state index contributed by atoms with van der Waals surface area (Å²) in [6.07, 6.45) is 10.2. The van der Waals surface area contributed by atoms with Crippen LogP contribution in [0.15, 0.2) is 81.8 Å². The SMILES string of the molecule is COc1cc2nc(C)nc(N[C@H](C)c3cc(-c4c(Cl)cccc4CN(C)C)cs3)c2cc1C1CCC(C(=O)N2CCN(CCCCC3CCN(C(=O)c4ccc(Cl)c(-n5ccc(=O)[nH]c5=O)c4)CC3)CC2)CC1. The highest BCUT2D eigenvalue weighted by molar-refractivity contribution is 7.10. The fourth-order valence-electron chi connectivity index (χ4n) is 11.2. The lowest BCUT2D eigenvalue weighted by Gasteiger charge is -2.38. The molecule has 73 heavy (non-hydrogen) atoms. The summed E-state index contributed by atoms with van der Waals surface area (Å²) in [5, 5.41) is 7.96. The number of aromatic amines is 1. The van der Waals surface area contributed by atoms with E-state index in [2.05, 4.69) is 75.7 Å². The molecular formula is C56H67Cl2N9O5S. The Kier molecular flexibility index (Phi) is 16.7. The summed E-state index contributed by atoms with van der Waals surface area (Å²) >= 11 is 14.9. The van der Waals surface area contributed by atoms with Gasteiger partial charge in [0.05, 0.1) is 29.4 Å². The molecule has 2 saturated heterocycles. The number of aryl methyl sites for hydroxylation is 1. The number of methoxy groups -OCH3 is 1. The number of amides is 2. The van der Waals surface area contributed by atoms with Gasteiger partial charge in [0, 0.05) is 96.5 Å². The van der Waals surface area contributed by atoms with Crippen LogP contribution >= 0.6 is 34.5 Å².